The highest BCUT2D eigenvalue weighted by Gasteiger charge is 2.26. The van der Waals surface area contributed by atoms with E-state index in [2.05, 4.69) is 20.6 Å². The maximum atomic E-state index is 12.2. The second-order valence-electron chi connectivity index (χ2n) is 5.51. The van der Waals surface area contributed by atoms with Crippen molar-refractivity contribution in [2.75, 3.05) is 0 Å². The molecule has 0 spiro atoms. The Balaban J connectivity index is 1.98. The van der Waals surface area contributed by atoms with Gasteiger partial charge in [-0.05, 0) is 39.3 Å². The van der Waals surface area contributed by atoms with E-state index >= 15 is 0 Å². The highest BCUT2D eigenvalue weighted by atomic mass is 32.1. The van der Waals surface area contributed by atoms with Gasteiger partial charge in [0.25, 0.3) is 0 Å². The summed E-state index contributed by atoms with van der Waals surface area (Å²) in [5, 5.41) is 6.77. The lowest BCUT2D eigenvalue weighted by molar-refractivity contribution is 0.227. The van der Waals surface area contributed by atoms with E-state index in [-0.39, 0.29) is 12.1 Å². The Labute approximate surface area is 128 Å². The lowest BCUT2D eigenvalue weighted by Gasteiger charge is -2.25. The van der Waals surface area contributed by atoms with E-state index in [0.717, 1.165) is 15.4 Å². The molecule has 2 heterocycles. The molecule has 0 saturated heterocycles. The van der Waals surface area contributed by atoms with Gasteiger partial charge in [-0.25, -0.2) is 9.78 Å². The van der Waals surface area contributed by atoms with Gasteiger partial charge in [0.1, 0.15) is 5.01 Å². The molecule has 2 aromatic rings. The van der Waals surface area contributed by atoms with Crippen LogP contribution in [-0.4, -0.2) is 16.0 Å². The summed E-state index contributed by atoms with van der Waals surface area (Å²) in [7, 11) is 0. The third-order valence-corrected chi connectivity index (χ3v) is 4.35. The molecule has 112 valence electrons. The predicted octanol–water partition coefficient (Wildman–Crippen LogP) is 3.14. The number of carbonyl (C=O) groups excluding carboxylic acids is 1. The van der Waals surface area contributed by atoms with Crippen molar-refractivity contribution >= 4 is 17.4 Å². The van der Waals surface area contributed by atoms with Crippen LogP contribution in [0.25, 0.3) is 0 Å². The third kappa shape index (κ3) is 4.01. The number of amides is 2. The number of thiazole rings is 1. The van der Waals surface area contributed by atoms with E-state index < -0.39 is 5.54 Å². The summed E-state index contributed by atoms with van der Waals surface area (Å²) < 4.78 is 0. The fraction of sp³-hybridized carbons (Fsp3) is 0.400. The van der Waals surface area contributed by atoms with Crippen molar-refractivity contribution < 1.29 is 4.79 Å². The molecule has 0 fully saturated rings. The molecule has 21 heavy (non-hydrogen) atoms. The van der Waals surface area contributed by atoms with Gasteiger partial charge in [0.05, 0.1) is 11.6 Å². The largest absolute Gasteiger partial charge is 0.332 e. The van der Waals surface area contributed by atoms with E-state index in [1.807, 2.05) is 46.0 Å². The smallest absolute Gasteiger partial charge is 0.316 e. The molecule has 6 heteroatoms. The van der Waals surface area contributed by atoms with E-state index in [1.54, 1.807) is 23.7 Å². The third-order valence-electron chi connectivity index (χ3n) is 3.11. The van der Waals surface area contributed by atoms with Crippen LogP contribution < -0.4 is 10.6 Å². The number of pyridine rings is 1. The van der Waals surface area contributed by atoms with Gasteiger partial charge in [0.2, 0.25) is 0 Å². The molecular formula is C15H20N4OS. The van der Waals surface area contributed by atoms with Crippen LogP contribution in [0.15, 0.2) is 30.7 Å². The first-order valence-corrected chi connectivity index (χ1v) is 7.61. The molecular weight excluding hydrogens is 284 g/mol. The fourth-order valence-electron chi connectivity index (χ4n) is 1.93. The summed E-state index contributed by atoms with van der Waals surface area (Å²) in [5.41, 5.74) is 0.466. The Bertz CT molecular complexity index is 609. The van der Waals surface area contributed by atoms with Crippen molar-refractivity contribution in [1.82, 2.24) is 20.6 Å². The van der Waals surface area contributed by atoms with Crippen LogP contribution in [0.2, 0.25) is 0 Å². The van der Waals surface area contributed by atoms with Crippen LogP contribution in [0, 0.1) is 6.92 Å². The second kappa shape index (κ2) is 6.22. The summed E-state index contributed by atoms with van der Waals surface area (Å²) in [4.78, 5) is 21.7. The molecule has 0 aliphatic carbocycles. The molecule has 5 nitrogen and oxygen atoms in total. The molecule has 2 N–H and O–H groups in total. The standard InChI is InChI=1S/C15H20N4OS/c1-10-8-17-13(21-10)15(3,4)19-14(20)18-11(2)12-6-5-7-16-9-12/h5-9,11H,1-4H3,(H2,18,19,20)/t11-/m1/s1. The minimum absolute atomic E-state index is 0.104. The average Bonchev–Trinajstić information content (AvgIpc) is 2.86. The van der Waals surface area contributed by atoms with Crippen LogP contribution in [0.1, 0.15) is 42.3 Å². The van der Waals surface area contributed by atoms with Crippen molar-refractivity contribution in [3.63, 3.8) is 0 Å². The van der Waals surface area contributed by atoms with E-state index in [0.29, 0.717) is 0 Å². The highest BCUT2D eigenvalue weighted by Crippen LogP contribution is 2.24. The van der Waals surface area contributed by atoms with Crippen molar-refractivity contribution in [1.29, 1.82) is 0 Å². The fourth-order valence-corrected chi connectivity index (χ4v) is 2.75. The Hall–Kier alpha value is -1.95. The zero-order valence-corrected chi connectivity index (χ0v) is 13.5. The number of rotatable bonds is 4. The predicted molar refractivity (Wildman–Crippen MR) is 84.2 cm³/mol. The molecule has 0 aromatic carbocycles. The topological polar surface area (TPSA) is 66.9 Å². The number of aryl methyl sites for hydroxylation is 1. The Morgan fingerprint density at radius 1 is 1.38 bits per heavy atom. The summed E-state index contributed by atoms with van der Waals surface area (Å²) >= 11 is 1.59. The number of carbonyl (C=O) groups is 1. The number of urea groups is 1. The van der Waals surface area contributed by atoms with E-state index in [9.17, 15) is 4.79 Å². The van der Waals surface area contributed by atoms with Gasteiger partial charge >= 0.3 is 6.03 Å². The second-order valence-corrected chi connectivity index (χ2v) is 6.74. The van der Waals surface area contributed by atoms with Gasteiger partial charge in [-0.2, -0.15) is 0 Å². The summed E-state index contributed by atoms with van der Waals surface area (Å²) in [6.45, 7) is 7.82. The normalized spacial score (nSPS) is 12.8. The molecule has 2 amide bonds. The molecule has 0 aliphatic heterocycles. The Kier molecular flexibility index (Phi) is 4.57. The van der Waals surface area contributed by atoms with Gasteiger partial charge in [-0.15, -0.1) is 11.3 Å². The first-order chi connectivity index (χ1) is 9.88. The van der Waals surface area contributed by atoms with Gasteiger partial charge < -0.3 is 10.6 Å². The average molecular weight is 304 g/mol. The lowest BCUT2D eigenvalue weighted by atomic mass is 10.1. The SMILES string of the molecule is Cc1cnc(C(C)(C)NC(=O)N[C@H](C)c2cccnc2)s1. The minimum atomic E-state index is -0.502. The maximum Gasteiger partial charge on any atom is 0.316 e. The minimum Gasteiger partial charge on any atom is -0.332 e. The summed E-state index contributed by atoms with van der Waals surface area (Å²) in [5.74, 6) is 0. The Morgan fingerprint density at radius 3 is 2.71 bits per heavy atom. The molecule has 0 saturated carbocycles. The van der Waals surface area contributed by atoms with Crippen molar-refractivity contribution in [2.24, 2.45) is 0 Å². The van der Waals surface area contributed by atoms with Gasteiger partial charge in [-0.3, -0.25) is 4.98 Å². The number of nitrogens with one attached hydrogen (secondary N) is 2. The van der Waals surface area contributed by atoms with Crippen molar-refractivity contribution in [3.05, 3.63) is 46.2 Å². The first kappa shape index (κ1) is 15.4. The summed E-state index contributed by atoms with van der Waals surface area (Å²) in [6.07, 6.45) is 5.28. The molecule has 2 aromatic heterocycles. The van der Waals surface area contributed by atoms with Gasteiger partial charge in [0, 0.05) is 23.5 Å². The number of hydrogen-bond donors (Lipinski definition) is 2. The monoisotopic (exact) mass is 304 g/mol. The number of aromatic nitrogens is 2. The van der Waals surface area contributed by atoms with Crippen LogP contribution in [-0.2, 0) is 5.54 Å². The van der Waals surface area contributed by atoms with E-state index in [1.165, 1.54) is 0 Å². The maximum absolute atomic E-state index is 12.2. The van der Waals surface area contributed by atoms with Crippen LogP contribution in [0.3, 0.4) is 0 Å². The number of nitrogens with zero attached hydrogens (tertiary/aromatic N) is 2. The van der Waals surface area contributed by atoms with Crippen LogP contribution >= 0.6 is 11.3 Å². The van der Waals surface area contributed by atoms with Gasteiger partial charge in [0.15, 0.2) is 0 Å². The van der Waals surface area contributed by atoms with Crippen molar-refractivity contribution in [2.45, 2.75) is 39.3 Å². The molecule has 0 unspecified atom stereocenters. The van der Waals surface area contributed by atoms with Gasteiger partial charge in [-0.1, -0.05) is 6.07 Å². The first-order valence-electron chi connectivity index (χ1n) is 6.80. The number of hydrogen-bond acceptors (Lipinski definition) is 4. The molecule has 2 rings (SSSR count). The molecule has 0 bridgehead atoms. The lowest BCUT2D eigenvalue weighted by Crippen LogP contribution is -2.47. The van der Waals surface area contributed by atoms with Crippen LogP contribution in [0.4, 0.5) is 4.79 Å². The van der Waals surface area contributed by atoms with Crippen LogP contribution in [0.5, 0.6) is 0 Å². The molecule has 1 atom stereocenters. The Morgan fingerprint density at radius 2 is 2.14 bits per heavy atom. The molecule has 0 radical (unpaired) electrons. The van der Waals surface area contributed by atoms with E-state index in [4.69, 9.17) is 0 Å². The van der Waals surface area contributed by atoms with Crippen molar-refractivity contribution in [3.8, 4) is 0 Å². The zero-order chi connectivity index (χ0) is 15.5. The highest BCUT2D eigenvalue weighted by molar-refractivity contribution is 7.11. The molecule has 0 aliphatic rings. The quantitative estimate of drug-likeness (QED) is 0.912. The summed E-state index contributed by atoms with van der Waals surface area (Å²) in [6, 6.07) is 3.47. The zero-order valence-electron chi connectivity index (χ0n) is 12.7.